The van der Waals surface area contributed by atoms with Crippen LogP contribution in [0.5, 0.6) is 0 Å². The summed E-state index contributed by atoms with van der Waals surface area (Å²) in [6.07, 6.45) is 1.14. The van der Waals surface area contributed by atoms with E-state index in [2.05, 4.69) is 15.4 Å². The average Bonchev–Trinajstić information content (AvgIpc) is 2.37. The van der Waals surface area contributed by atoms with Crippen LogP contribution in [0.2, 0.25) is 0 Å². The quantitative estimate of drug-likeness (QED) is 0.267. The third-order valence-corrected chi connectivity index (χ3v) is 0.973. The maximum atomic E-state index is 7.01. The molecule has 1 rings (SSSR count). The standard InChI is InChI=1S/C3H7N9/c4-2(5)11(3(6)7)12-9-1-8-10-12/h1H,(H3,4,5)(H3,6,7). The Kier molecular flexibility index (Phi) is 1.86. The van der Waals surface area contributed by atoms with Gasteiger partial charge in [0.05, 0.1) is 0 Å². The number of hydrogen-bond acceptors (Lipinski definition) is 5. The van der Waals surface area contributed by atoms with E-state index in [1.807, 2.05) is 0 Å². The molecule has 9 nitrogen and oxygen atoms in total. The van der Waals surface area contributed by atoms with E-state index in [0.717, 1.165) is 16.2 Å². The highest BCUT2D eigenvalue weighted by Crippen LogP contribution is 1.80. The Morgan fingerprint density at radius 1 is 1.33 bits per heavy atom. The van der Waals surface area contributed by atoms with Gasteiger partial charge in [0.1, 0.15) is 0 Å². The Balaban J connectivity index is 2.96. The van der Waals surface area contributed by atoms with Crippen LogP contribution in [0.25, 0.3) is 0 Å². The minimum absolute atomic E-state index is 0.458. The Hall–Kier alpha value is -2.19. The molecule has 12 heavy (non-hydrogen) atoms. The van der Waals surface area contributed by atoms with Gasteiger partial charge in [-0.3, -0.25) is 10.8 Å². The van der Waals surface area contributed by atoms with Crippen LogP contribution in [-0.2, 0) is 0 Å². The number of hydrogen-bond donors (Lipinski definition) is 4. The van der Waals surface area contributed by atoms with Crippen LogP contribution in [0, 0.1) is 10.8 Å². The lowest BCUT2D eigenvalue weighted by Gasteiger charge is -2.16. The van der Waals surface area contributed by atoms with Gasteiger partial charge in [-0.2, -0.15) is 0 Å². The number of aromatic nitrogens is 4. The van der Waals surface area contributed by atoms with Crippen molar-refractivity contribution >= 4 is 11.9 Å². The molecular weight excluding hydrogens is 162 g/mol. The number of tetrazole rings is 1. The summed E-state index contributed by atoms with van der Waals surface area (Å²) < 4.78 is 0. The van der Waals surface area contributed by atoms with Crippen molar-refractivity contribution in [2.24, 2.45) is 11.5 Å². The van der Waals surface area contributed by atoms with Gasteiger partial charge in [-0.15, -0.1) is 15.2 Å². The van der Waals surface area contributed by atoms with Gasteiger partial charge in [0.25, 0.3) is 0 Å². The van der Waals surface area contributed by atoms with Gasteiger partial charge in [0, 0.05) is 0 Å². The molecule has 0 amide bonds. The minimum atomic E-state index is -0.458. The SMILES string of the molecule is N=C(N)N(C(=N)N)n1ncnn1. The number of nitrogens with two attached hydrogens (primary N) is 2. The Morgan fingerprint density at radius 2 is 1.92 bits per heavy atom. The van der Waals surface area contributed by atoms with E-state index >= 15 is 0 Å². The number of guanidine groups is 2. The zero-order chi connectivity index (χ0) is 9.14. The van der Waals surface area contributed by atoms with Crippen LogP contribution in [0.3, 0.4) is 0 Å². The van der Waals surface area contributed by atoms with Crippen molar-refractivity contribution in [2.75, 3.05) is 5.01 Å². The molecule has 1 aromatic rings. The van der Waals surface area contributed by atoms with Gasteiger partial charge in [-0.25, -0.2) is 0 Å². The lowest BCUT2D eigenvalue weighted by molar-refractivity contribution is 0.601. The number of rotatable bonds is 1. The third-order valence-electron chi connectivity index (χ3n) is 0.973. The molecule has 0 unspecified atom stereocenters. The first-order chi connectivity index (χ1) is 5.63. The molecule has 9 heteroatoms. The summed E-state index contributed by atoms with van der Waals surface area (Å²) in [5.41, 5.74) is 10.2. The highest BCUT2D eigenvalue weighted by molar-refractivity contribution is 6.07. The van der Waals surface area contributed by atoms with Crippen molar-refractivity contribution in [3.63, 3.8) is 0 Å². The van der Waals surface area contributed by atoms with E-state index in [-0.39, 0.29) is 0 Å². The van der Waals surface area contributed by atoms with Crippen molar-refractivity contribution in [1.29, 1.82) is 10.8 Å². The molecule has 0 aliphatic heterocycles. The first-order valence-electron chi connectivity index (χ1n) is 2.84. The summed E-state index contributed by atoms with van der Waals surface area (Å²) >= 11 is 0. The van der Waals surface area contributed by atoms with Crippen molar-refractivity contribution in [3.05, 3.63) is 6.33 Å². The summed E-state index contributed by atoms with van der Waals surface area (Å²) in [5.74, 6) is -0.916. The van der Waals surface area contributed by atoms with Crippen LogP contribution < -0.4 is 16.5 Å². The zero-order valence-corrected chi connectivity index (χ0v) is 5.97. The Labute approximate surface area is 66.9 Å². The second kappa shape index (κ2) is 2.82. The van der Waals surface area contributed by atoms with Gasteiger partial charge >= 0.3 is 0 Å². The van der Waals surface area contributed by atoms with Gasteiger partial charge in [0.2, 0.25) is 11.9 Å². The molecule has 0 fully saturated rings. The van der Waals surface area contributed by atoms with Crippen molar-refractivity contribution < 1.29 is 0 Å². The fraction of sp³-hybridized carbons (Fsp3) is 0. The van der Waals surface area contributed by atoms with Crippen LogP contribution in [-0.4, -0.2) is 32.2 Å². The Morgan fingerprint density at radius 3 is 2.25 bits per heavy atom. The van der Waals surface area contributed by atoms with Gasteiger partial charge in [0.15, 0.2) is 6.33 Å². The first kappa shape index (κ1) is 7.91. The molecule has 0 saturated heterocycles. The van der Waals surface area contributed by atoms with Crippen LogP contribution >= 0.6 is 0 Å². The molecule has 6 N–H and O–H groups in total. The first-order valence-corrected chi connectivity index (χ1v) is 2.84. The summed E-state index contributed by atoms with van der Waals surface area (Å²) in [5, 5.41) is 25.1. The molecule has 0 atom stereocenters. The van der Waals surface area contributed by atoms with E-state index in [1.54, 1.807) is 0 Å². The second-order valence-electron chi connectivity index (χ2n) is 1.79. The van der Waals surface area contributed by atoms with Crippen LogP contribution in [0.15, 0.2) is 6.33 Å². The van der Waals surface area contributed by atoms with Crippen molar-refractivity contribution in [2.45, 2.75) is 0 Å². The molecule has 0 aromatic carbocycles. The predicted molar refractivity (Wildman–Crippen MR) is 39.9 cm³/mol. The molecule has 0 radical (unpaired) electrons. The summed E-state index contributed by atoms with van der Waals surface area (Å²) in [4.78, 5) is 0.838. The van der Waals surface area contributed by atoms with Gasteiger partial charge < -0.3 is 11.5 Å². The van der Waals surface area contributed by atoms with Crippen molar-refractivity contribution in [1.82, 2.24) is 20.3 Å². The van der Waals surface area contributed by atoms with Gasteiger partial charge in [-0.1, -0.05) is 4.91 Å². The summed E-state index contributed by atoms with van der Waals surface area (Å²) in [6.45, 7) is 0. The lowest BCUT2D eigenvalue weighted by atomic mass is 10.8. The molecule has 1 aromatic heterocycles. The fourth-order valence-electron chi connectivity index (χ4n) is 0.576. The Bertz CT molecular complexity index is 271. The maximum absolute atomic E-state index is 7.01. The van der Waals surface area contributed by atoms with E-state index < -0.39 is 11.9 Å². The highest BCUT2D eigenvalue weighted by atomic mass is 15.8. The molecule has 0 bridgehead atoms. The van der Waals surface area contributed by atoms with E-state index in [1.165, 1.54) is 0 Å². The minimum Gasteiger partial charge on any atom is -0.368 e. The molecule has 0 aliphatic rings. The predicted octanol–water partition coefficient (Wildman–Crippen LogP) is -2.60. The molecule has 0 saturated carbocycles. The molecule has 0 spiro atoms. The normalized spacial score (nSPS) is 9.33. The van der Waals surface area contributed by atoms with Crippen molar-refractivity contribution in [3.8, 4) is 0 Å². The fourth-order valence-corrected chi connectivity index (χ4v) is 0.576. The van der Waals surface area contributed by atoms with Crippen LogP contribution in [0.1, 0.15) is 0 Å². The smallest absolute Gasteiger partial charge is 0.218 e. The van der Waals surface area contributed by atoms with E-state index in [9.17, 15) is 0 Å². The molecule has 1 heterocycles. The van der Waals surface area contributed by atoms with E-state index in [0.29, 0.717) is 0 Å². The summed E-state index contributed by atoms with van der Waals surface area (Å²) in [7, 11) is 0. The molecular formula is C3H7N9. The van der Waals surface area contributed by atoms with Gasteiger partial charge in [-0.05, 0) is 5.21 Å². The monoisotopic (exact) mass is 169 g/mol. The second-order valence-corrected chi connectivity index (χ2v) is 1.79. The lowest BCUT2D eigenvalue weighted by Crippen LogP contribution is -2.53. The molecule has 0 aliphatic carbocycles. The molecule has 64 valence electrons. The number of nitrogens with zero attached hydrogens (tertiary/aromatic N) is 5. The third kappa shape index (κ3) is 1.28. The van der Waals surface area contributed by atoms with Crippen LogP contribution in [0.4, 0.5) is 0 Å². The zero-order valence-electron chi connectivity index (χ0n) is 5.97. The number of nitrogens with one attached hydrogen (secondary N) is 2. The largest absolute Gasteiger partial charge is 0.368 e. The topological polar surface area (TPSA) is 147 Å². The summed E-state index contributed by atoms with van der Waals surface area (Å²) in [6, 6.07) is 0. The average molecular weight is 169 g/mol. The highest BCUT2D eigenvalue weighted by Gasteiger charge is 2.13. The maximum Gasteiger partial charge on any atom is 0.218 e. The van der Waals surface area contributed by atoms with E-state index in [4.69, 9.17) is 22.3 Å².